The van der Waals surface area contributed by atoms with Crippen molar-refractivity contribution in [1.82, 2.24) is 16.0 Å². The number of methoxy groups -OCH3 is 2. The molecule has 2 aromatic carbocycles. The van der Waals surface area contributed by atoms with Gasteiger partial charge in [-0.2, -0.15) is 0 Å². The first kappa shape index (κ1) is 22.7. The number of ether oxygens (including phenoxy) is 2. The second kappa shape index (κ2) is 11.5. The van der Waals surface area contributed by atoms with Gasteiger partial charge < -0.3 is 29.8 Å². The van der Waals surface area contributed by atoms with Crippen molar-refractivity contribution < 1.29 is 18.7 Å². The zero-order valence-corrected chi connectivity index (χ0v) is 18.5. The van der Waals surface area contributed by atoms with E-state index >= 15 is 0 Å². The zero-order chi connectivity index (χ0) is 22.8. The molecule has 3 rings (SSSR count). The lowest BCUT2D eigenvalue weighted by molar-refractivity contribution is 0.0948. The van der Waals surface area contributed by atoms with E-state index in [1.54, 1.807) is 39.7 Å². The molecule has 3 aromatic rings. The minimum Gasteiger partial charge on any atom is -0.497 e. The molecule has 0 aliphatic carbocycles. The Morgan fingerprint density at radius 3 is 2.50 bits per heavy atom. The molecule has 1 aromatic heterocycles. The average Bonchev–Trinajstić information content (AvgIpc) is 3.36. The van der Waals surface area contributed by atoms with Gasteiger partial charge in [-0.25, -0.2) is 0 Å². The fourth-order valence-corrected chi connectivity index (χ4v) is 3.09. The Morgan fingerprint density at radius 1 is 0.938 bits per heavy atom. The Labute approximate surface area is 187 Å². The van der Waals surface area contributed by atoms with Gasteiger partial charge in [-0.1, -0.05) is 12.1 Å². The first-order valence-corrected chi connectivity index (χ1v) is 10.2. The summed E-state index contributed by atoms with van der Waals surface area (Å²) < 4.78 is 15.9. The second-order valence-electron chi connectivity index (χ2n) is 6.92. The lowest BCUT2D eigenvalue weighted by atomic mass is 10.1. The van der Waals surface area contributed by atoms with Gasteiger partial charge in [-0.05, 0) is 42.0 Å². The summed E-state index contributed by atoms with van der Waals surface area (Å²) in [5.74, 6) is 2.66. The van der Waals surface area contributed by atoms with E-state index in [0.717, 1.165) is 22.6 Å². The highest BCUT2D eigenvalue weighted by Gasteiger charge is 2.09. The number of benzene rings is 2. The second-order valence-corrected chi connectivity index (χ2v) is 6.92. The van der Waals surface area contributed by atoms with Crippen molar-refractivity contribution in [2.75, 3.05) is 21.3 Å². The number of aliphatic imine (C=N–C) groups is 1. The molecule has 0 bridgehead atoms. The third-order valence-electron chi connectivity index (χ3n) is 4.82. The number of amides is 1. The molecule has 0 unspecified atom stereocenters. The molecule has 8 nitrogen and oxygen atoms in total. The Hall–Kier alpha value is -3.94. The van der Waals surface area contributed by atoms with Gasteiger partial charge in [-0.15, -0.1) is 0 Å². The molecule has 0 spiro atoms. The minimum absolute atomic E-state index is 0.155. The summed E-state index contributed by atoms with van der Waals surface area (Å²) >= 11 is 0. The highest BCUT2D eigenvalue weighted by atomic mass is 16.5. The largest absolute Gasteiger partial charge is 0.497 e. The maximum atomic E-state index is 12.4. The smallest absolute Gasteiger partial charge is 0.251 e. The molecule has 3 N–H and O–H groups in total. The van der Waals surface area contributed by atoms with Gasteiger partial charge in [0, 0.05) is 37.3 Å². The zero-order valence-electron chi connectivity index (χ0n) is 18.5. The summed E-state index contributed by atoms with van der Waals surface area (Å²) in [7, 11) is 4.96. The number of rotatable bonds is 9. The number of hydrogen-bond acceptors (Lipinski definition) is 5. The van der Waals surface area contributed by atoms with Crippen molar-refractivity contribution in [2.24, 2.45) is 4.99 Å². The molecular weight excluding hydrogens is 408 g/mol. The van der Waals surface area contributed by atoms with Gasteiger partial charge in [0.1, 0.15) is 17.3 Å². The molecular formula is C24H28N4O4. The highest BCUT2D eigenvalue weighted by Crippen LogP contribution is 2.24. The van der Waals surface area contributed by atoms with Crippen LogP contribution < -0.4 is 25.4 Å². The molecule has 1 amide bonds. The van der Waals surface area contributed by atoms with Gasteiger partial charge in [-0.3, -0.25) is 9.79 Å². The fourth-order valence-electron chi connectivity index (χ4n) is 3.09. The number of nitrogens with one attached hydrogen (secondary N) is 3. The van der Waals surface area contributed by atoms with E-state index in [2.05, 4.69) is 20.9 Å². The molecule has 0 fully saturated rings. The van der Waals surface area contributed by atoms with Gasteiger partial charge in [0.2, 0.25) is 0 Å². The molecule has 0 aliphatic heterocycles. The van der Waals surface area contributed by atoms with Crippen LogP contribution in [-0.2, 0) is 19.6 Å². The summed E-state index contributed by atoms with van der Waals surface area (Å²) in [5, 5.41) is 9.39. The van der Waals surface area contributed by atoms with Crippen LogP contribution in [0.2, 0.25) is 0 Å². The third kappa shape index (κ3) is 6.28. The van der Waals surface area contributed by atoms with E-state index in [1.165, 1.54) is 0 Å². The van der Waals surface area contributed by atoms with Crippen LogP contribution in [0.4, 0.5) is 0 Å². The fraction of sp³-hybridized carbons (Fsp3) is 0.250. The number of carbonyl (C=O) groups excluding carboxylic acids is 1. The van der Waals surface area contributed by atoms with Gasteiger partial charge in [0.25, 0.3) is 5.91 Å². The topological polar surface area (TPSA) is 97.1 Å². The summed E-state index contributed by atoms with van der Waals surface area (Å²) in [6.45, 7) is 1.39. The lowest BCUT2D eigenvalue weighted by Gasteiger charge is -2.15. The lowest BCUT2D eigenvalue weighted by Crippen LogP contribution is -2.36. The quantitative estimate of drug-likeness (QED) is 0.352. The van der Waals surface area contributed by atoms with Crippen LogP contribution in [0.5, 0.6) is 11.5 Å². The number of hydrogen-bond donors (Lipinski definition) is 3. The number of guanidine groups is 1. The summed E-state index contributed by atoms with van der Waals surface area (Å²) in [4.78, 5) is 16.7. The van der Waals surface area contributed by atoms with Crippen LogP contribution in [0.25, 0.3) is 0 Å². The number of nitrogens with zero attached hydrogens (tertiary/aromatic N) is 1. The Balaban J connectivity index is 1.53. The van der Waals surface area contributed by atoms with Crippen molar-refractivity contribution in [2.45, 2.75) is 19.6 Å². The maximum absolute atomic E-state index is 12.4. The standard InChI is InChI=1S/C24H28N4O4/c1-25-24(28-15-19-9-10-20(30-2)13-22(19)31-3)27-14-17-6-4-7-18(12-17)23(29)26-16-21-8-5-11-32-21/h4-13H,14-16H2,1-3H3,(H,26,29)(H2,25,27,28). The van der Waals surface area contributed by atoms with Crippen LogP contribution in [0.15, 0.2) is 70.3 Å². The Kier molecular flexibility index (Phi) is 8.14. The van der Waals surface area contributed by atoms with E-state index < -0.39 is 0 Å². The molecule has 168 valence electrons. The predicted molar refractivity (Wildman–Crippen MR) is 123 cm³/mol. The van der Waals surface area contributed by atoms with Crippen LogP contribution in [-0.4, -0.2) is 33.1 Å². The normalized spacial score (nSPS) is 11.0. The van der Waals surface area contributed by atoms with Gasteiger partial charge >= 0.3 is 0 Å². The van der Waals surface area contributed by atoms with Crippen LogP contribution in [0, 0.1) is 0 Å². The van der Waals surface area contributed by atoms with Crippen molar-refractivity contribution in [1.29, 1.82) is 0 Å². The van der Waals surface area contributed by atoms with E-state index in [0.29, 0.717) is 36.9 Å². The van der Waals surface area contributed by atoms with Crippen molar-refractivity contribution in [3.05, 3.63) is 83.3 Å². The maximum Gasteiger partial charge on any atom is 0.251 e. The monoisotopic (exact) mass is 436 g/mol. The van der Waals surface area contributed by atoms with Crippen molar-refractivity contribution in [3.63, 3.8) is 0 Å². The number of furan rings is 1. The Bertz CT molecular complexity index is 1050. The van der Waals surface area contributed by atoms with Crippen LogP contribution in [0.3, 0.4) is 0 Å². The molecule has 8 heteroatoms. The number of carbonyl (C=O) groups is 1. The molecule has 1 heterocycles. The average molecular weight is 437 g/mol. The van der Waals surface area contributed by atoms with Crippen molar-refractivity contribution in [3.8, 4) is 11.5 Å². The molecule has 0 saturated carbocycles. The molecule has 32 heavy (non-hydrogen) atoms. The van der Waals surface area contributed by atoms with E-state index in [-0.39, 0.29) is 5.91 Å². The van der Waals surface area contributed by atoms with E-state index in [9.17, 15) is 4.79 Å². The van der Waals surface area contributed by atoms with Crippen LogP contribution in [0.1, 0.15) is 27.2 Å². The molecule has 0 radical (unpaired) electrons. The SMILES string of the molecule is CN=C(NCc1cccc(C(=O)NCc2ccco2)c1)NCc1ccc(OC)cc1OC. The summed E-state index contributed by atoms with van der Waals surface area (Å²) in [6, 6.07) is 16.7. The highest BCUT2D eigenvalue weighted by molar-refractivity contribution is 5.94. The summed E-state index contributed by atoms with van der Waals surface area (Å²) in [6.07, 6.45) is 1.58. The molecule has 0 atom stereocenters. The van der Waals surface area contributed by atoms with E-state index in [1.807, 2.05) is 42.5 Å². The first-order valence-electron chi connectivity index (χ1n) is 10.2. The van der Waals surface area contributed by atoms with Crippen molar-refractivity contribution >= 4 is 11.9 Å². The predicted octanol–water partition coefficient (Wildman–Crippen LogP) is 3.09. The van der Waals surface area contributed by atoms with Gasteiger partial charge in [0.15, 0.2) is 5.96 Å². The molecule has 0 saturated heterocycles. The first-order chi connectivity index (χ1) is 15.6. The molecule has 0 aliphatic rings. The Morgan fingerprint density at radius 2 is 1.78 bits per heavy atom. The third-order valence-corrected chi connectivity index (χ3v) is 4.82. The van der Waals surface area contributed by atoms with Crippen LogP contribution >= 0.6 is 0 Å². The van der Waals surface area contributed by atoms with Gasteiger partial charge in [0.05, 0.1) is 27.0 Å². The van der Waals surface area contributed by atoms with E-state index in [4.69, 9.17) is 13.9 Å². The summed E-state index contributed by atoms with van der Waals surface area (Å²) in [5.41, 5.74) is 2.52. The minimum atomic E-state index is -0.155.